The quantitative estimate of drug-likeness (QED) is 0.732. The number of hydrogen-bond donors (Lipinski definition) is 1. The summed E-state index contributed by atoms with van der Waals surface area (Å²) >= 11 is 0. The molecule has 0 aliphatic rings. The van der Waals surface area contributed by atoms with Gasteiger partial charge in [0.1, 0.15) is 6.61 Å². The molecule has 1 atom stereocenters. The fraction of sp³-hybridized carbons (Fsp3) is 0.533. The minimum Gasteiger partial charge on any atom is -0.461 e. The Balaban J connectivity index is 2.14. The van der Waals surface area contributed by atoms with Crippen LogP contribution in [0.2, 0.25) is 0 Å². The molecule has 1 aromatic carbocycles. The molecule has 4 nitrogen and oxygen atoms in total. The molecule has 0 saturated carbocycles. The Morgan fingerprint density at radius 1 is 1.26 bits per heavy atom. The van der Waals surface area contributed by atoms with Crippen LogP contribution in [0.1, 0.15) is 32.3 Å². The first-order chi connectivity index (χ1) is 9.08. The van der Waals surface area contributed by atoms with Crippen molar-refractivity contribution in [2.24, 2.45) is 5.73 Å². The highest BCUT2D eigenvalue weighted by molar-refractivity contribution is 5.69. The molecule has 0 amide bonds. The van der Waals surface area contributed by atoms with E-state index in [0.29, 0.717) is 26.1 Å². The summed E-state index contributed by atoms with van der Waals surface area (Å²) in [7, 11) is 0. The van der Waals surface area contributed by atoms with Crippen molar-refractivity contribution in [1.29, 1.82) is 0 Å². The Labute approximate surface area is 114 Å². The lowest BCUT2D eigenvalue weighted by molar-refractivity contribution is -0.145. The van der Waals surface area contributed by atoms with Crippen molar-refractivity contribution in [2.45, 2.75) is 45.4 Å². The van der Waals surface area contributed by atoms with Crippen LogP contribution in [0.5, 0.6) is 0 Å². The highest BCUT2D eigenvalue weighted by Gasteiger charge is 2.09. The van der Waals surface area contributed by atoms with Gasteiger partial charge in [0.25, 0.3) is 0 Å². The Hall–Kier alpha value is -1.39. The fourth-order valence-electron chi connectivity index (χ4n) is 1.51. The predicted octanol–water partition coefficient (Wildman–Crippen LogP) is 2.26. The third kappa shape index (κ3) is 7.59. The van der Waals surface area contributed by atoms with Crippen LogP contribution in [-0.4, -0.2) is 24.7 Å². The molecule has 0 fully saturated rings. The van der Waals surface area contributed by atoms with Gasteiger partial charge in [-0.2, -0.15) is 0 Å². The van der Waals surface area contributed by atoms with Gasteiger partial charge in [-0.1, -0.05) is 30.3 Å². The van der Waals surface area contributed by atoms with Crippen LogP contribution in [0, 0.1) is 0 Å². The van der Waals surface area contributed by atoms with E-state index in [4.69, 9.17) is 15.2 Å². The highest BCUT2D eigenvalue weighted by atomic mass is 16.5. The largest absolute Gasteiger partial charge is 0.461 e. The van der Waals surface area contributed by atoms with Gasteiger partial charge in [-0.3, -0.25) is 4.79 Å². The second kappa shape index (κ2) is 8.67. The van der Waals surface area contributed by atoms with E-state index in [2.05, 4.69) is 0 Å². The molecular formula is C15H23NO3. The SMILES string of the molecule is CC(C)OCC(N)CCC(=O)OCc1ccccc1. The molecule has 0 saturated heterocycles. The molecule has 4 heteroatoms. The molecular weight excluding hydrogens is 242 g/mol. The minimum atomic E-state index is -0.219. The summed E-state index contributed by atoms with van der Waals surface area (Å²) in [6.07, 6.45) is 1.08. The Morgan fingerprint density at radius 3 is 2.58 bits per heavy atom. The third-order valence-corrected chi connectivity index (χ3v) is 2.61. The summed E-state index contributed by atoms with van der Waals surface area (Å²) in [5.74, 6) is -0.219. The molecule has 0 heterocycles. The number of carbonyl (C=O) groups excluding carboxylic acids is 1. The molecule has 1 rings (SSSR count). The topological polar surface area (TPSA) is 61.5 Å². The Morgan fingerprint density at radius 2 is 1.95 bits per heavy atom. The molecule has 0 spiro atoms. The van der Waals surface area contributed by atoms with E-state index < -0.39 is 0 Å². The first kappa shape index (κ1) is 15.7. The van der Waals surface area contributed by atoms with E-state index in [1.807, 2.05) is 44.2 Å². The number of ether oxygens (including phenoxy) is 2. The second-order valence-corrected chi connectivity index (χ2v) is 4.83. The summed E-state index contributed by atoms with van der Waals surface area (Å²) in [5, 5.41) is 0. The van der Waals surface area contributed by atoms with Crippen molar-refractivity contribution in [2.75, 3.05) is 6.61 Å². The van der Waals surface area contributed by atoms with Crippen molar-refractivity contribution in [3.63, 3.8) is 0 Å². The monoisotopic (exact) mass is 265 g/mol. The second-order valence-electron chi connectivity index (χ2n) is 4.83. The van der Waals surface area contributed by atoms with Crippen molar-refractivity contribution < 1.29 is 14.3 Å². The van der Waals surface area contributed by atoms with Crippen LogP contribution in [0.25, 0.3) is 0 Å². The maximum Gasteiger partial charge on any atom is 0.306 e. The summed E-state index contributed by atoms with van der Waals surface area (Å²) in [6, 6.07) is 9.50. The van der Waals surface area contributed by atoms with Gasteiger partial charge in [-0.25, -0.2) is 0 Å². The number of rotatable bonds is 8. The van der Waals surface area contributed by atoms with E-state index in [9.17, 15) is 4.79 Å². The van der Waals surface area contributed by atoms with Crippen LogP contribution < -0.4 is 5.73 Å². The van der Waals surface area contributed by atoms with Crippen molar-refractivity contribution in [3.05, 3.63) is 35.9 Å². The Kier molecular flexibility index (Phi) is 7.15. The maximum absolute atomic E-state index is 11.5. The van der Waals surface area contributed by atoms with Gasteiger partial charge in [0.15, 0.2) is 0 Å². The van der Waals surface area contributed by atoms with Crippen LogP contribution in [0.3, 0.4) is 0 Å². The standard InChI is InChI=1S/C15H23NO3/c1-12(2)18-11-14(16)8-9-15(17)19-10-13-6-4-3-5-7-13/h3-7,12,14H,8-11,16H2,1-2H3. The zero-order chi connectivity index (χ0) is 14.1. The normalized spacial score (nSPS) is 12.4. The van der Waals surface area contributed by atoms with Crippen LogP contribution in [0.15, 0.2) is 30.3 Å². The average Bonchev–Trinajstić information content (AvgIpc) is 2.41. The van der Waals surface area contributed by atoms with E-state index >= 15 is 0 Å². The number of esters is 1. The zero-order valence-corrected chi connectivity index (χ0v) is 11.7. The lowest BCUT2D eigenvalue weighted by Gasteiger charge is -2.13. The van der Waals surface area contributed by atoms with Crippen molar-refractivity contribution in [1.82, 2.24) is 0 Å². The molecule has 0 aliphatic carbocycles. The van der Waals surface area contributed by atoms with Gasteiger partial charge < -0.3 is 15.2 Å². The van der Waals surface area contributed by atoms with Gasteiger partial charge in [0.05, 0.1) is 12.7 Å². The summed E-state index contributed by atoms with van der Waals surface area (Å²) < 4.78 is 10.6. The molecule has 0 aliphatic heterocycles. The van der Waals surface area contributed by atoms with E-state index in [1.165, 1.54) is 0 Å². The van der Waals surface area contributed by atoms with Gasteiger partial charge in [-0.05, 0) is 25.8 Å². The van der Waals surface area contributed by atoms with Crippen LogP contribution in [0.4, 0.5) is 0 Å². The smallest absolute Gasteiger partial charge is 0.306 e. The highest BCUT2D eigenvalue weighted by Crippen LogP contribution is 2.04. The number of hydrogen-bond acceptors (Lipinski definition) is 4. The summed E-state index contributed by atoms with van der Waals surface area (Å²) in [6.45, 7) is 4.71. The van der Waals surface area contributed by atoms with E-state index in [0.717, 1.165) is 5.56 Å². The predicted molar refractivity (Wildman–Crippen MR) is 74.5 cm³/mol. The molecule has 0 aromatic heterocycles. The van der Waals surface area contributed by atoms with Gasteiger partial charge in [-0.15, -0.1) is 0 Å². The molecule has 0 radical (unpaired) electrons. The van der Waals surface area contributed by atoms with Crippen LogP contribution >= 0.6 is 0 Å². The molecule has 106 valence electrons. The minimum absolute atomic E-state index is 0.119. The van der Waals surface area contributed by atoms with Gasteiger partial charge in [0.2, 0.25) is 0 Å². The molecule has 1 unspecified atom stereocenters. The first-order valence-corrected chi connectivity index (χ1v) is 6.64. The first-order valence-electron chi connectivity index (χ1n) is 6.64. The molecule has 2 N–H and O–H groups in total. The average molecular weight is 265 g/mol. The number of benzene rings is 1. The fourth-order valence-corrected chi connectivity index (χ4v) is 1.51. The van der Waals surface area contributed by atoms with Gasteiger partial charge >= 0.3 is 5.97 Å². The lowest BCUT2D eigenvalue weighted by atomic mass is 10.2. The molecule has 19 heavy (non-hydrogen) atoms. The summed E-state index contributed by atoms with van der Waals surface area (Å²) in [4.78, 5) is 11.5. The molecule has 0 bridgehead atoms. The van der Waals surface area contributed by atoms with Gasteiger partial charge in [0, 0.05) is 12.5 Å². The van der Waals surface area contributed by atoms with E-state index in [1.54, 1.807) is 0 Å². The third-order valence-electron chi connectivity index (χ3n) is 2.61. The maximum atomic E-state index is 11.5. The summed E-state index contributed by atoms with van der Waals surface area (Å²) in [5.41, 5.74) is 6.83. The molecule has 1 aromatic rings. The van der Waals surface area contributed by atoms with Crippen molar-refractivity contribution in [3.8, 4) is 0 Å². The van der Waals surface area contributed by atoms with E-state index in [-0.39, 0.29) is 18.1 Å². The zero-order valence-electron chi connectivity index (χ0n) is 11.7. The number of carbonyl (C=O) groups is 1. The van der Waals surface area contributed by atoms with Crippen LogP contribution in [-0.2, 0) is 20.9 Å². The Bertz CT molecular complexity index is 365. The number of nitrogens with two attached hydrogens (primary N) is 1. The van der Waals surface area contributed by atoms with Crippen molar-refractivity contribution >= 4 is 5.97 Å². The lowest BCUT2D eigenvalue weighted by Crippen LogP contribution is -2.28.